The van der Waals surface area contributed by atoms with E-state index in [0.29, 0.717) is 30.8 Å². The Kier molecular flexibility index (Phi) is 13.9. The number of morpholine rings is 1. The fraction of sp³-hybridized carbons (Fsp3) is 0.394. The Morgan fingerprint density at radius 2 is 1.56 bits per heavy atom. The molecule has 4 aromatic rings. The molecule has 8 heteroatoms. The van der Waals surface area contributed by atoms with Gasteiger partial charge in [0.2, 0.25) is 11.7 Å². The van der Waals surface area contributed by atoms with Crippen molar-refractivity contribution in [3.05, 3.63) is 103 Å². The quantitative estimate of drug-likeness (QED) is 0.172. The summed E-state index contributed by atoms with van der Waals surface area (Å²) in [6, 6.07) is 22.8. The maximum absolute atomic E-state index is 5.95. The molecule has 0 radical (unpaired) electrons. The van der Waals surface area contributed by atoms with Crippen LogP contribution in [0.3, 0.4) is 0 Å². The second kappa shape index (κ2) is 16.5. The largest absolute Gasteiger partial charge is 0.487 e. The minimum atomic E-state index is -0.170. The van der Waals surface area contributed by atoms with Crippen molar-refractivity contribution in [2.24, 2.45) is 5.92 Å². The number of ether oxygens (including phenoxy) is 2. The zero-order valence-corrected chi connectivity index (χ0v) is 27.4. The van der Waals surface area contributed by atoms with Crippen LogP contribution in [0.25, 0.3) is 11.4 Å². The van der Waals surface area contributed by atoms with E-state index in [0.717, 1.165) is 43.3 Å². The van der Waals surface area contributed by atoms with Gasteiger partial charge in [-0.25, -0.2) is 0 Å². The monoisotopic (exact) mass is 738 g/mol. The van der Waals surface area contributed by atoms with E-state index in [2.05, 4.69) is 77.2 Å². The zero-order valence-electron chi connectivity index (χ0n) is 25.1. The van der Waals surface area contributed by atoms with E-state index in [-0.39, 0.29) is 33.9 Å². The van der Waals surface area contributed by atoms with E-state index in [1.54, 1.807) is 6.20 Å². The molecule has 0 N–H and O–H groups in total. The topological polar surface area (TPSA) is 73.5 Å². The van der Waals surface area contributed by atoms with Crippen LogP contribution in [0.4, 0.5) is 0 Å². The van der Waals surface area contributed by atoms with Crippen molar-refractivity contribution in [1.82, 2.24) is 20.0 Å². The van der Waals surface area contributed by atoms with Crippen LogP contribution in [0.2, 0.25) is 0 Å². The van der Waals surface area contributed by atoms with Gasteiger partial charge in [0.05, 0.1) is 25.5 Å². The Labute approximate surface area is 259 Å². The van der Waals surface area contributed by atoms with Crippen LogP contribution >= 0.6 is 0 Å². The van der Waals surface area contributed by atoms with Gasteiger partial charge in [-0.3, -0.25) is 9.88 Å². The van der Waals surface area contributed by atoms with Crippen molar-refractivity contribution in [1.29, 1.82) is 0 Å². The van der Waals surface area contributed by atoms with Crippen molar-refractivity contribution in [3.63, 3.8) is 0 Å². The van der Waals surface area contributed by atoms with Crippen LogP contribution in [0, 0.1) is 13.3 Å². The van der Waals surface area contributed by atoms with E-state index in [1.807, 2.05) is 44.2 Å². The average molecular weight is 739 g/mol. The molecule has 2 aromatic heterocycles. The molecular weight excluding hydrogens is 695 g/mol. The van der Waals surface area contributed by atoms with Gasteiger partial charge in [0.1, 0.15) is 12.4 Å². The molecule has 5 rings (SSSR count). The summed E-state index contributed by atoms with van der Waals surface area (Å²) in [6.45, 7) is 15.2. The number of rotatable bonds is 9. The molecule has 0 spiro atoms. The van der Waals surface area contributed by atoms with Gasteiger partial charge in [-0.2, -0.15) is 4.98 Å². The minimum Gasteiger partial charge on any atom is -0.487 e. The number of hydrogen-bond donors (Lipinski definition) is 0. The van der Waals surface area contributed by atoms with E-state index in [4.69, 9.17) is 14.0 Å². The van der Waals surface area contributed by atoms with Gasteiger partial charge in [0.15, 0.2) is 0 Å². The minimum absolute atomic E-state index is 0. The van der Waals surface area contributed by atoms with Gasteiger partial charge in [0, 0.05) is 51.3 Å². The second-order valence-corrected chi connectivity index (χ2v) is 9.97. The molecule has 1 unspecified atom stereocenters. The average Bonchev–Trinajstić information content (AvgIpc) is 3.46. The summed E-state index contributed by atoms with van der Waals surface area (Å²) in [5, 5.41) is 4.22. The van der Waals surface area contributed by atoms with Crippen LogP contribution in [0.5, 0.6) is 5.75 Å². The van der Waals surface area contributed by atoms with Gasteiger partial charge in [-0.1, -0.05) is 82.2 Å². The SMILES string of the molecule is CC.CC(C)C(C)(c1ccc(OCc2ccccn2)cc1)c1ccc(-c2noc(CN3CCOCC3)n2)cc1.[CH3-].[Pt]. The molecule has 41 heavy (non-hydrogen) atoms. The zero-order chi connectivity index (χ0) is 27.7. The molecule has 1 fully saturated rings. The Morgan fingerprint density at radius 3 is 2.15 bits per heavy atom. The van der Waals surface area contributed by atoms with Crippen LogP contribution in [-0.2, 0) is 44.4 Å². The van der Waals surface area contributed by atoms with Crippen LogP contribution < -0.4 is 4.74 Å². The summed E-state index contributed by atoms with van der Waals surface area (Å²) in [5.41, 5.74) is 4.17. The fourth-order valence-electron chi connectivity index (χ4n) is 4.72. The van der Waals surface area contributed by atoms with Gasteiger partial charge in [0.25, 0.3) is 0 Å². The first-order chi connectivity index (χ1) is 19.0. The van der Waals surface area contributed by atoms with Crippen molar-refractivity contribution in [3.8, 4) is 17.1 Å². The molecule has 7 nitrogen and oxygen atoms in total. The number of pyridine rings is 1. The maximum atomic E-state index is 5.95. The predicted molar refractivity (Wildman–Crippen MR) is 160 cm³/mol. The first kappa shape index (κ1) is 34.3. The normalized spacial score (nSPS) is 14.6. The number of aromatic nitrogens is 3. The number of nitrogens with zero attached hydrogens (tertiary/aromatic N) is 4. The first-order valence-corrected chi connectivity index (χ1v) is 13.9. The molecular formula is C33H43N4O3Pt-. The Balaban J connectivity index is 0.00000144. The molecule has 3 heterocycles. The Morgan fingerprint density at radius 1 is 0.927 bits per heavy atom. The van der Waals surface area contributed by atoms with Gasteiger partial charge in [-0.15, -0.1) is 0 Å². The molecule has 1 saturated heterocycles. The molecule has 0 bridgehead atoms. The first-order valence-electron chi connectivity index (χ1n) is 13.9. The fourth-order valence-corrected chi connectivity index (χ4v) is 4.72. The molecule has 0 aliphatic carbocycles. The van der Waals surface area contributed by atoms with E-state index in [1.165, 1.54) is 11.1 Å². The smallest absolute Gasteiger partial charge is 0.241 e. The van der Waals surface area contributed by atoms with Crippen molar-refractivity contribution >= 4 is 0 Å². The molecule has 2 aromatic carbocycles. The molecule has 0 saturated carbocycles. The summed E-state index contributed by atoms with van der Waals surface area (Å²) < 4.78 is 16.9. The third kappa shape index (κ3) is 8.57. The Hall–Kier alpha value is -2.86. The summed E-state index contributed by atoms with van der Waals surface area (Å²) in [7, 11) is 0. The summed E-state index contributed by atoms with van der Waals surface area (Å²) in [5.74, 6) is 2.47. The summed E-state index contributed by atoms with van der Waals surface area (Å²) >= 11 is 0. The van der Waals surface area contributed by atoms with Crippen molar-refractivity contribution in [2.75, 3.05) is 26.3 Å². The van der Waals surface area contributed by atoms with E-state index < -0.39 is 0 Å². The number of hydrogen-bond acceptors (Lipinski definition) is 7. The molecule has 1 atom stereocenters. The molecule has 1 aliphatic rings. The maximum Gasteiger partial charge on any atom is 0.241 e. The Bertz CT molecular complexity index is 1270. The molecule has 1 aliphatic heterocycles. The summed E-state index contributed by atoms with van der Waals surface area (Å²) in [6.07, 6.45) is 1.78. The molecule has 0 amide bonds. The van der Waals surface area contributed by atoms with Gasteiger partial charge in [-0.05, 0) is 41.3 Å². The van der Waals surface area contributed by atoms with Crippen molar-refractivity contribution in [2.45, 2.75) is 53.2 Å². The third-order valence-corrected chi connectivity index (χ3v) is 7.40. The van der Waals surface area contributed by atoms with Gasteiger partial charge >= 0.3 is 0 Å². The standard InChI is InChI=1S/C30H34N4O3.C2H6.CH3.Pt/c1-22(2)30(3,25-11-13-27(14-12-25)36-21-26-6-4-5-15-31-26)24-9-7-23(8-10-24)29-32-28(37-33-29)20-34-16-18-35-19-17-34;1-2;;/h4-15,22H,16-21H2,1-3H3;1-2H3;1H3;/q;;-1;. The van der Waals surface area contributed by atoms with E-state index in [9.17, 15) is 0 Å². The third-order valence-electron chi connectivity index (χ3n) is 7.40. The van der Waals surface area contributed by atoms with Crippen molar-refractivity contribution < 1.29 is 35.1 Å². The van der Waals surface area contributed by atoms with Crippen LogP contribution in [-0.4, -0.2) is 46.3 Å². The number of benzene rings is 2. The van der Waals surface area contributed by atoms with Crippen LogP contribution in [0.15, 0.2) is 77.4 Å². The predicted octanol–water partition coefficient (Wildman–Crippen LogP) is 6.98. The summed E-state index contributed by atoms with van der Waals surface area (Å²) in [4.78, 5) is 11.2. The van der Waals surface area contributed by atoms with Gasteiger partial charge < -0.3 is 21.4 Å². The van der Waals surface area contributed by atoms with Crippen LogP contribution in [0.1, 0.15) is 57.3 Å². The molecule has 224 valence electrons. The second-order valence-electron chi connectivity index (χ2n) is 9.97. The van der Waals surface area contributed by atoms with E-state index >= 15 is 0 Å².